The van der Waals surface area contributed by atoms with Crippen LogP contribution in [0.5, 0.6) is 0 Å². The van der Waals surface area contributed by atoms with Gasteiger partial charge in [0.2, 0.25) is 0 Å². The van der Waals surface area contributed by atoms with Crippen molar-refractivity contribution in [3.63, 3.8) is 0 Å². The number of hydrogen-bond acceptors (Lipinski definition) is 1. The lowest BCUT2D eigenvalue weighted by Crippen LogP contribution is -1.97. The van der Waals surface area contributed by atoms with E-state index in [1.165, 1.54) is 38.2 Å². The molecule has 0 radical (unpaired) electrons. The largest absolute Gasteiger partial charge is 0.285 e. The quantitative estimate of drug-likeness (QED) is 0.211. The zero-order valence-corrected chi connectivity index (χ0v) is 22.3. The first-order valence-corrected chi connectivity index (χ1v) is 13.8. The summed E-state index contributed by atoms with van der Waals surface area (Å²) in [6.45, 7) is 0. The maximum absolute atomic E-state index is 4.99. The topological polar surface area (TPSA) is 17.8 Å². The van der Waals surface area contributed by atoms with Crippen LogP contribution in [0.3, 0.4) is 0 Å². The average molecular weight is 521 g/mol. The van der Waals surface area contributed by atoms with Crippen molar-refractivity contribution in [3.05, 3.63) is 158 Å². The molecule has 190 valence electrons. The molecule has 8 aromatic rings. The van der Waals surface area contributed by atoms with Gasteiger partial charge in [-0.1, -0.05) is 127 Å². The van der Waals surface area contributed by atoms with Gasteiger partial charge in [-0.25, -0.2) is 4.98 Å². The third-order valence-corrected chi connectivity index (χ3v) is 7.83. The van der Waals surface area contributed by atoms with Crippen molar-refractivity contribution in [3.8, 4) is 39.3 Å². The van der Waals surface area contributed by atoms with E-state index in [4.69, 9.17) is 4.98 Å². The molecule has 2 heteroatoms. The molecule has 2 nitrogen and oxygen atoms in total. The Bertz CT molecular complexity index is 2120. The Morgan fingerprint density at radius 1 is 0.439 bits per heavy atom. The van der Waals surface area contributed by atoms with Crippen LogP contribution in [0.2, 0.25) is 0 Å². The normalized spacial score (nSPS) is 11.2. The highest BCUT2D eigenvalue weighted by Gasteiger charge is 2.17. The lowest BCUT2D eigenvalue weighted by molar-refractivity contribution is 1.10. The summed E-state index contributed by atoms with van der Waals surface area (Å²) in [5, 5.41) is 4.88. The summed E-state index contributed by atoms with van der Waals surface area (Å²) in [6.07, 6.45) is 0. The summed E-state index contributed by atoms with van der Waals surface area (Å²) >= 11 is 0. The van der Waals surface area contributed by atoms with Crippen LogP contribution in [0, 0.1) is 12.1 Å². The Morgan fingerprint density at radius 3 is 1.59 bits per heavy atom. The van der Waals surface area contributed by atoms with E-state index in [2.05, 4.69) is 138 Å². The lowest BCUT2D eigenvalue weighted by Gasteiger charge is -2.17. The van der Waals surface area contributed by atoms with Crippen molar-refractivity contribution in [2.24, 2.45) is 0 Å². The van der Waals surface area contributed by atoms with Gasteiger partial charge >= 0.3 is 0 Å². The molecule has 0 aliphatic rings. The minimum Gasteiger partial charge on any atom is -0.285 e. The van der Waals surface area contributed by atoms with Crippen LogP contribution in [-0.4, -0.2) is 9.55 Å². The van der Waals surface area contributed by atoms with Gasteiger partial charge in [-0.2, -0.15) is 0 Å². The molecular formula is C39H24N2. The predicted octanol–water partition coefficient (Wildman–Crippen LogP) is 9.93. The number of imidazole rings is 1. The predicted molar refractivity (Wildman–Crippen MR) is 170 cm³/mol. The number of rotatable bonds is 4. The molecule has 0 bridgehead atoms. The van der Waals surface area contributed by atoms with Crippen molar-refractivity contribution in [1.29, 1.82) is 0 Å². The zero-order valence-electron chi connectivity index (χ0n) is 22.3. The molecular weight excluding hydrogens is 496 g/mol. The van der Waals surface area contributed by atoms with E-state index in [9.17, 15) is 0 Å². The Labute approximate surface area is 238 Å². The molecule has 1 heterocycles. The van der Waals surface area contributed by atoms with Crippen LogP contribution in [-0.2, 0) is 0 Å². The summed E-state index contributed by atoms with van der Waals surface area (Å²) in [7, 11) is 0. The van der Waals surface area contributed by atoms with Gasteiger partial charge in [0, 0.05) is 16.7 Å². The third-order valence-electron chi connectivity index (χ3n) is 7.83. The highest BCUT2D eigenvalue weighted by atomic mass is 15.1. The van der Waals surface area contributed by atoms with Crippen LogP contribution in [0.1, 0.15) is 0 Å². The molecule has 1 aromatic heterocycles. The van der Waals surface area contributed by atoms with E-state index < -0.39 is 0 Å². The number of fused-ring (bicyclic) bond motifs is 3. The molecule has 0 saturated heterocycles. The van der Waals surface area contributed by atoms with Gasteiger partial charge < -0.3 is 0 Å². The van der Waals surface area contributed by atoms with Crippen LogP contribution < -0.4 is 0 Å². The van der Waals surface area contributed by atoms with Crippen molar-refractivity contribution in [1.82, 2.24) is 9.55 Å². The Hall–Kier alpha value is -5.65. The summed E-state index contributed by atoms with van der Waals surface area (Å²) < 4.78 is 2.18. The summed E-state index contributed by atoms with van der Waals surface area (Å²) in [5.41, 5.74) is 8.66. The number of hydrogen-bond donors (Lipinski definition) is 0. The zero-order chi connectivity index (χ0) is 27.2. The van der Waals surface area contributed by atoms with Gasteiger partial charge in [0.25, 0.3) is 0 Å². The second kappa shape index (κ2) is 9.52. The molecule has 0 aliphatic heterocycles. The monoisotopic (exact) mass is 520 g/mol. The van der Waals surface area contributed by atoms with Gasteiger partial charge in [-0.05, 0) is 63.0 Å². The van der Waals surface area contributed by atoms with E-state index in [1.54, 1.807) is 0 Å². The fourth-order valence-electron chi connectivity index (χ4n) is 6.04. The highest BCUT2D eigenvalue weighted by Crippen LogP contribution is 2.43. The van der Waals surface area contributed by atoms with Gasteiger partial charge in [0.15, 0.2) is 0 Å². The van der Waals surface area contributed by atoms with Crippen molar-refractivity contribution in [2.45, 2.75) is 0 Å². The van der Waals surface area contributed by atoms with E-state index in [1.807, 2.05) is 24.3 Å². The molecule has 0 saturated carbocycles. The summed E-state index contributed by atoms with van der Waals surface area (Å²) in [5.74, 6) is 0.896. The Kier molecular flexibility index (Phi) is 5.40. The Balaban J connectivity index is 1.35. The smallest absolute Gasteiger partial charge is 0.146 e. The van der Waals surface area contributed by atoms with Gasteiger partial charge in [-0.3, -0.25) is 4.57 Å². The van der Waals surface area contributed by atoms with Gasteiger partial charge in [-0.15, -0.1) is 0 Å². The summed E-state index contributed by atoms with van der Waals surface area (Å²) in [6, 6.07) is 58.1. The molecule has 41 heavy (non-hydrogen) atoms. The second-order valence-corrected chi connectivity index (χ2v) is 10.2. The highest BCUT2D eigenvalue weighted by molar-refractivity contribution is 6.21. The number of para-hydroxylation sites is 2. The molecule has 7 aromatic carbocycles. The molecule has 0 aliphatic carbocycles. The standard InChI is InChI=1S/C39H24N2/c1-3-13-27(14-4-1)37-31-17-7-9-19-33(31)38(34-20-10-8-18-32(34)37)28-23-25-30(26-24-28)41-36-22-12-11-21-35(36)40-39(41)29-15-5-2-6-16-29/h1-23,25H. The maximum atomic E-state index is 4.99. The van der Waals surface area contributed by atoms with E-state index >= 15 is 0 Å². The van der Waals surface area contributed by atoms with Crippen LogP contribution >= 0.6 is 0 Å². The summed E-state index contributed by atoms with van der Waals surface area (Å²) in [4.78, 5) is 4.99. The second-order valence-electron chi connectivity index (χ2n) is 10.2. The van der Waals surface area contributed by atoms with Crippen molar-refractivity contribution < 1.29 is 0 Å². The van der Waals surface area contributed by atoms with E-state index in [-0.39, 0.29) is 0 Å². The number of nitrogens with zero attached hydrogens (tertiary/aromatic N) is 2. The third kappa shape index (κ3) is 3.79. The Morgan fingerprint density at radius 2 is 0.976 bits per heavy atom. The molecule has 0 spiro atoms. The van der Waals surface area contributed by atoms with E-state index in [0.717, 1.165) is 33.7 Å². The van der Waals surface area contributed by atoms with E-state index in [0.29, 0.717) is 0 Å². The van der Waals surface area contributed by atoms with Crippen LogP contribution in [0.4, 0.5) is 0 Å². The minimum absolute atomic E-state index is 0.896. The fourth-order valence-corrected chi connectivity index (χ4v) is 6.04. The first-order chi connectivity index (χ1) is 20.4. The van der Waals surface area contributed by atoms with Crippen molar-refractivity contribution >= 4 is 32.6 Å². The van der Waals surface area contributed by atoms with Crippen LogP contribution in [0.25, 0.3) is 71.9 Å². The molecule has 0 amide bonds. The molecule has 8 rings (SSSR count). The lowest BCUT2D eigenvalue weighted by atomic mass is 9.86. The number of benzene rings is 6. The van der Waals surface area contributed by atoms with Crippen LogP contribution in [0.15, 0.2) is 146 Å². The SMILES string of the molecule is c1c(-c2c3ccccc3c(-c3ccccc3)c3ccccc23)ccc(-n2c(-c3ccccc3)nc3ccccc32)c#1. The molecule has 0 atom stereocenters. The van der Waals surface area contributed by atoms with Crippen molar-refractivity contribution in [2.75, 3.05) is 0 Å². The fraction of sp³-hybridized carbons (Fsp3) is 0. The maximum Gasteiger partial charge on any atom is 0.146 e. The molecule has 0 fully saturated rings. The molecule has 0 unspecified atom stereocenters. The average Bonchev–Trinajstić information content (AvgIpc) is 3.44. The first kappa shape index (κ1) is 23.3. The number of aromatic nitrogens is 2. The molecule has 0 N–H and O–H groups in total. The van der Waals surface area contributed by atoms with Gasteiger partial charge in [0.05, 0.1) is 16.7 Å². The minimum atomic E-state index is 0.896. The first-order valence-electron chi connectivity index (χ1n) is 13.8. The van der Waals surface area contributed by atoms with Gasteiger partial charge in [0.1, 0.15) is 5.82 Å².